The van der Waals surface area contributed by atoms with Gasteiger partial charge in [0.1, 0.15) is 5.75 Å². The number of tetrazole rings is 1. The summed E-state index contributed by atoms with van der Waals surface area (Å²) in [4.78, 5) is 12.6. The molecule has 1 aromatic carbocycles. The van der Waals surface area contributed by atoms with Crippen molar-refractivity contribution in [3.05, 3.63) is 22.7 Å². The van der Waals surface area contributed by atoms with Crippen LogP contribution in [0.2, 0.25) is 5.02 Å². The second-order valence-corrected chi connectivity index (χ2v) is 8.31. The number of rotatable bonds is 5. The lowest BCUT2D eigenvalue weighted by Crippen LogP contribution is -2.27. The Morgan fingerprint density at radius 1 is 1.40 bits per heavy atom. The van der Waals surface area contributed by atoms with Crippen molar-refractivity contribution in [3.63, 3.8) is 0 Å². The van der Waals surface area contributed by atoms with Crippen molar-refractivity contribution in [1.29, 1.82) is 0 Å². The molecule has 1 N–H and O–H groups in total. The molecular weight excluding hydrogens is 362 g/mol. The summed E-state index contributed by atoms with van der Waals surface area (Å²) in [5, 5.41) is 15.4. The molecule has 1 atom stereocenters. The monoisotopic (exact) mass is 383 g/mol. The second kappa shape index (κ2) is 7.61. The molecule has 0 saturated heterocycles. The fourth-order valence-electron chi connectivity index (χ4n) is 2.05. The normalized spacial score (nSPS) is 12.8. The largest absolute Gasteiger partial charge is 0.495 e. The van der Waals surface area contributed by atoms with Crippen molar-refractivity contribution in [2.75, 3.05) is 12.4 Å². The molecule has 0 spiro atoms. The van der Waals surface area contributed by atoms with E-state index < -0.39 is 5.25 Å². The molecule has 0 radical (unpaired) electrons. The molecule has 1 unspecified atom stereocenters. The maximum atomic E-state index is 12.6. The number of anilines is 1. The van der Waals surface area contributed by atoms with Crippen LogP contribution in [0.25, 0.3) is 0 Å². The zero-order chi connectivity index (χ0) is 18.8. The van der Waals surface area contributed by atoms with E-state index in [9.17, 15) is 4.79 Å². The first-order chi connectivity index (χ1) is 11.6. The van der Waals surface area contributed by atoms with Gasteiger partial charge in [-0.2, -0.15) is 0 Å². The van der Waals surface area contributed by atoms with E-state index in [1.807, 2.05) is 27.7 Å². The highest BCUT2D eigenvalue weighted by Gasteiger charge is 2.24. The SMILES string of the molecule is COc1cc(Cl)c(C)cc1NC(=O)C(C)Sc1nnnn1C(C)(C)C. The first kappa shape index (κ1) is 19.5. The number of aryl methyl sites for hydroxylation is 1. The number of amides is 1. The van der Waals surface area contributed by atoms with Crippen LogP contribution < -0.4 is 10.1 Å². The minimum atomic E-state index is -0.396. The Morgan fingerprint density at radius 3 is 2.68 bits per heavy atom. The third-order valence-corrected chi connectivity index (χ3v) is 4.91. The number of halogens is 1. The van der Waals surface area contributed by atoms with E-state index in [0.29, 0.717) is 21.6 Å². The standard InChI is InChI=1S/C16H22ClN5O2S/c1-9-7-12(13(24-6)8-11(9)17)18-14(23)10(2)25-15-19-20-21-22(15)16(3,4)5/h7-8,10H,1-6H3,(H,18,23). The van der Waals surface area contributed by atoms with Gasteiger partial charge in [-0.3, -0.25) is 4.79 Å². The van der Waals surface area contributed by atoms with E-state index in [4.69, 9.17) is 16.3 Å². The number of ether oxygens (including phenoxy) is 1. The summed E-state index contributed by atoms with van der Waals surface area (Å²) < 4.78 is 6.99. The Hall–Kier alpha value is -1.80. The summed E-state index contributed by atoms with van der Waals surface area (Å²) in [6.07, 6.45) is 0. The lowest BCUT2D eigenvalue weighted by atomic mass is 10.1. The summed E-state index contributed by atoms with van der Waals surface area (Å²) in [7, 11) is 1.53. The topological polar surface area (TPSA) is 81.9 Å². The zero-order valence-corrected chi connectivity index (χ0v) is 16.7. The summed E-state index contributed by atoms with van der Waals surface area (Å²) >= 11 is 7.40. The number of carbonyl (C=O) groups is 1. The van der Waals surface area contributed by atoms with Gasteiger partial charge in [-0.15, -0.1) is 5.10 Å². The predicted octanol–water partition coefficient (Wildman–Crippen LogP) is 3.52. The number of hydrogen-bond donors (Lipinski definition) is 1. The minimum absolute atomic E-state index is 0.173. The Kier molecular flexibility index (Phi) is 5.95. The van der Waals surface area contributed by atoms with E-state index >= 15 is 0 Å². The molecule has 25 heavy (non-hydrogen) atoms. The molecule has 0 bridgehead atoms. The summed E-state index contributed by atoms with van der Waals surface area (Å²) in [5.74, 6) is 0.342. The van der Waals surface area contributed by atoms with Gasteiger partial charge in [-0.1, -0.05) is 23.4 Å². The van der Waals surface area contributed by atoms with Crippen LogP contribution in [0.4, 0.5) is 5.69 Å². The zero-order valence-electron chi connectivity index (χ0n) is 15.1. The summed E-state index contributed by atoms with van der Waals surface area (Å²) in [6.45, 7) is 9.67. The van der Waals surface area contributed by atoms with Crippen LogP contribution in [0.15, 0.2) is 17.3 Å². The summed E-state index contributed by atoms with van der Waals surface area (Å²) in [5.41, 5.74) is 1.17. The number of nitrogens with one attached hydrogen (secondary N) is 1. The van der Waals surface area contributed by atoms with Gasteiger partial charge >= 0.3 is 0 Å². The molecule has 136 valence electrons. The predicted molar refractivity (Wildman–Crippen MR) is 99.5 cm³/mol. The molecule has 9 heteroatoms. The highest BCUT2D eigenvalue weighted by atomic mass is 35.5. The summed E-state index contributed by atoms with van der Waals surface area (Å²) in [6, 6.07) is 3.47. The Morgan fingerprint density at radius 2 is 2.08 bits per heavy atom. The van der Waals surface area contributed by atoms with Gasteiger partial charge in [0.2, 0.25) is 11.1 Å². The molecule has 1 aromatic heterocycles. The maximum absolute atomic E-state index is 12.6. The number of nitrogens with zero attached hydrogens (tertiary/aromatic N) is 4. The van der Waals surface area contributed by atoms with Crippen molar-refractivity contribution in [2.24, 2.45) is 0 Å². The third kappa shape index (κ3) is 4.64. The van der Waals surface area contributed by atoms with Crippen LogP contribution in [-0.4, -0.2) is 38.5 Å². The van der Waals surface area contributed by atoms with Crippen LogP contribution in [0.5, 0.6) is 5.75 Å². The molecule has 7 nitrogen and oxygen atoms in total. The van der Waals surface area contributed by atoms with E-state index in [-0.39, 0.29) is 11.4 Å². The van der Waals surface area contributed by atoms with Gasteiger partial charge in [0.15, 0.2) is 0 Å². The molecule has 0 aliphatic rings. The molecule has 0 fully saturated rings. The first-order valence-corrected chi connectivity index (χ1v) is 8.99. The molecular formula is C16H22ClN5O2S. The van der Waals surface area contributed by atoms with Crippen LogP contribution in [-0.2, 0) is 10.3 Å². The molecule has 2 rings (SSSR count). The smallest absolute Gasteiger partial charge is 0.237 e. The first-order valence-electron chi connectivity index (χ1n) is 7.74. The molecule has 1 heterocycles. The Labute approximate surface area is 156 Å². The molecule has 1 amide bonds. The van der Waals surface area contributed by atoms with E-state index in [1.165, 1.54) is 18.9 Å². The minimum Gasteiger partial charge on any atom is -0.495 e. The number of thioether (sulfide) groups is 1. The lowest BCUT2D eigenvalue weighted by molar-refractivity contribution is -0.115. The van der Waals surface area contributed by atoms with Gasteiger partial charge in [0.25, 0.3) is 0 Å². The quantitative estimate of drug-likeness (QED) is 0.795. The second-order valence-electron chi connectivity index (χ2n) is 6.60. The van der Waals surface area contributed by atoms with Crippen molar-refractivity contribution in [3.8, 4) is 5.75 Å². The molecule has 0 aliphatic carbocycles. The highest BCUT2D eigenvalue weighted by molar-refractivity contribution is 8.00. The number of aromatic nitrogens is 4. The van der Waals surface area contributed by atoms with Gasteiger partial charge in [0, 0.05) is 11.1 Å². The Bertz CT molecular complexity index is 772. The van der Waals surface area contributed by atoms with Crippen molar-refractivity contribution >= 4 is 35.0 Å². The van der Waals surface area contributed by atoms with Crippen LogP contribution in [0.3, 0.4) is 0 Å². The van der Waals surface area contributed by atoms with Gasteiger partial charge in [-0.05, 0) is 56.7 Å². The van der Waals surface area contributed by atoms with Crippen molar-refractivity contribution in [2.45, 2.75) is 50.6 Å². The van der Waals surface area contributed by atoms with E-state index in [0.717, 1.165) is 5.56 Å². The third-order valence-electron chi connectivity index (χ3n) is 3.47. The molecule has 2 aromatic rings. The van der Waals surface area contributed by atoms with E-state index in [1.54, 1.807) is 23.7 Å². The van der Waals surface area contributed by atoms with Gasteiger partial charge < -0.3 is 10.1 Å². The highest BCUT2D eigenvalue weighted by Crippen LogP contribution is 2.32. The van der Waals surface area contributed by atoms with Crippen LogP contribution in [0.1, 0.15) is 33.3 Å². The number of benzene rings is 1. The average molecular weight is 384 g/mol. The van der Waals surface area contributed by atoms with Crippen molar-refractivity contribution < 1.29 is 9.53 Å². The number of hydrogen-bond acceptors (Lipinski definition) is 6. The number of carbonyl (C=O) groups excluding carboxylic acids is 1. The average Bonchev–Trinajstić information content (AvgIpc) is 2.98. The van der Waals surface area contributed by atoms with Crippen LogP contribution in [0, 0.1) is 6.92 Å². The van der Waals surface area contributed by atoms with Crippen molar-refractivity contribution in [1.82, 2.24) is 20.2 Å². The fraction of sp³-hybridized carbons (Fsp3) is 0.500. The Balaban J connectivity index is 2.14. The van der Waals surface area contributed by atoms with Gasteiger partial charge in [-0.25, -0.2) is 4.68 Å². The maximum Gasteiger partial charge on any atom is 0.237 e. The van der Waals surface area contributed by atoms with E-state index in [2.05, 4.69) is 20.8 Å². The molecule has 0 saturated carbocycles. The molecule has 0 aliphatic heterocycles. The van der Waals surface area contributed by atoms with Gasteiger partial charge in [0.05, 0.1) is 23.6 Å². The number of methoxy groups -OCH3 is 1. The fourth-order valence-corrected chi connectivity index (χ4v) is 3.18. The lowest BCUT2D eigenvalue weighted by Gasteiger charge is -2.20. The van der Waals surface area contributed by atoms with Crippen LogP contribution >= 0.6 is 23.4 Å².